The molecule has 1 rings (SSSR count). The molecule has 6 heteroatoms. The first-order valence-corrected chi connectivity index (χ1v) is 8.08. The molecule has 0 bridgehead atoms. The van der Waals surface area contributed by atoms with Crippen LogP contribution in [0.15, 0.2) is 24.3 Å². The highest BCUT2D eigenvalue weighted by molar-refractivity contribution is 9.11. The number of sulfone groups is 1. The van der Waals surface area contributed by atoms with Gasteiger partial charge in [0.15, 0.2) is 13.5 Å². The van der Waals surface area contributed by atoms with Crippen LogP contribution >= 0.6 is 15.9 Å². The summed E-state index contributed by atoms with van der Waals surface area (Å²) in [7, 11) is -3.57. The quantitative estimate of drug-likeness (QED) is 0.840. The fourth-order valence-electron chi connectivity index (χ4n) is 1.75. The number of rotatable bonds is 5. The molecule has 0 radical (unpaired) electrons. The van der Waals surface area contributed by atoms with Crippen molar-refractivity contribution in [1.29, 1.82) is 0 Å². The summed E-state index contributed by atoms with van der Waals surface area (Å²) in [5.74, 6) is -0.744. The molecule has 0 aliphatic carbocycles. The van der Waals surface area contributed by atoms with E-state index in [2.05, 4.69) is 15.9 Å². The van der Waals surface area contributed by atoms with E-state index in [1.807, 2.05) is 0 Å². The Morgan fingerprint density at radius 1 is 1.39 bits per heavy atom. The molecule has 0 aromatic heterocycles. The lowest BCUT2D eigenvalue weighted by Gasteiger charge is -2.31. The Kier molecular flexibility index (Phi) is 4.91. The molecule has 0 saturated heterocycles. The molecule has 0 saturated carbocycles. The van der Waals surface area contributed by atoms with Crippen molar-refractivity contribution in [2.75, 3.05) is 5.75 Å². The molecular formula is C12H16BrFO3S. The lowest BCUT2D eigenvalue weighted by Crippen LogP contribution is -2.39. The summed E-state index contributed by atoms with van der Waals surface area (Å²) < 4.78 is 36.2. The van der Waals surface area contributed by atoms with E-state index in [0.29, 0.717) is 0 Å². The van der Waals surface area contributed by atoms with E-state index in [1.54, 1.807) is 13.0 Å². The molecule has 0 aliphatic heterocycles. The minimum Gasteiger partial charge on any atom is -0.386 e. The van der Waals surface area contributed by atoms with Gasteiger partial charge in [-0.1, -0.05) is 48.0 Å². The van der Waals surface area contributed by atoms with E-state index in [-0.39, 0.29) is 17.7 Å². The molecular weight excluding hydrogens is 323 g/mol. The zero-order valence-corrected chi connectivity index (χ0v) is 12.6. The molecule has 2 unspecified atom stereocenters. The Balaban J connectivity index is 3.31. The average Bonchev–Trinajstić information content (AvgIpc) is 2.37. The molecule has 0 heterocycles. The molecule has 0 spiro atoms. The van der Waals surface area contributed by atoms with Gasteiger partial charge in [-0.15, -0.1) is 0 Å². The van der Waals surface area contributed by atoms with Gasteiger partial charge < -0.3 is 5.11 Å². The molecule has 3 nitrogen and oxygen atoms in total. The molecule has 1 aromatic carbocycles. The Labute approximate surface area is 115 Å². The normalized spacial score (nSPS) is 17.2. The molecule has 0 aliphatic rings. The largest absolute Gasteiger partial charge is 0.386 e. The first-order valence-electron chi connectivity index (χ1n) is 5.63. The van der Waals surface area contributed by atoms with Gasteiger partial charge >= 0.3 is 0 Å². The number of halogens is 2. The maximum absolute atomic E-state index is 13.6. The van der Waals surface area contributed by atoms with Crippen LogP contribution in [0.5, 0.6) is 0 Å². The fraction of sp³-hybridized carbons (Fsp3) is 0.500. The molecule has 1 aromatic rings. The molecule has 102 valence electrons. The Bertz CT molecular complexity index is 518. The second-order valence-corrected chi connectivity index (χ2v) is 8.44. The van der Waals surface area contributed by atoms with Crippen LogP contribution in [0.25, 0.3) is 0 Å². The second-order valence-electron chi connectivity index (χ2n) is 3.97. The Morgan fingerprint density at radius 2 is 1.94 bits per heavy atom. The number of aliphatic hydroxyl groups is 1. The lowest BCUT2D eigenvalue weighted by molar-refractivity contribution is 0.155. The van der Waals surface area contributed by atoms with Gasteiger partial charge in [0.25, 0.3) is 0 Å². The number of alkyl halides is 1. The van der Waals surface area contributed by atoms with Gasteiger partial charge in [-0.3, -0.25) is 0 Å². The highest BCUT2D eigenvalue weighted by Gasteiger charge is 2.46. The van der Waals surface area contributed by atoms with Crippen LogP contribution in [-0.4, -0.2) is 22.9 Å². The summed E-state index contributed by atoms with van der Waals surface area (Å²) in [6.45, 7) is 3.13. The summed E-state index contributed by atoms with van der Waals surface area (Å²) >= 11 is 3.10. The van der Waals surface area contributed by atoms with E-state index in [1.165, 1.54) is 25.1 Å². The van der Waals surface area contributed by atoms with Gasteiger partial charge in [0.1, 0.15) is 11.9 Å². The monoisotopic (exact) mass is 338 g/mol. The zero-order chi connectivity index (χ0) is 14.0. The second kappa shape index (κ2) is 5.67. The SMILES string of the molecule is CCC(Br)(C(O)c1ccccc1F)S(=O)(=O)CC. The van der Waals surface area contributed by atoms with Crippen LogP contribution in [0.2, 0.25) is 0 Å². The van der Waals surface area contributed by atoms with Crippen molar-refractivity contribution < 1.29 is 17.9 Å². The van der Waals surface area contributed by atoms with Crippen molar-refractivity contribution in [2.24, 2.45) is 0 Å². The molecule has 1 N–H and O–H groups in total. The predicted octanol–water partition coefficient (Wildman–Crippen LogP) is 2.80. The average molecular weight is 339 g/mol. The van der Waals surface area contributed by atoms with E-state index in [9.17, 15) is 17.9 Å². The maximum Gasteiger partial charge on any atom is 0.168 e. The first kappa shape index (κ1) is 15.6. The number of hydrogen-bond donors (Lipinski definition) is 1. The highest BCUT2D eigenvalue weighted by atomic mass is 79.9. The van der Waals surface area contributed by atoms with Crippen molar-refractivity contribution in [2.45, 2.75) is 30.0 Å². The molecule has 2 atom stereocenters. The highest BCUT2D eigenvalue weighted by Crippen LogP contribution is 2.42. The van der Waals surface area contributed by atoms with Gasteiger partial charge in [0, 0.05) is 11.3 Å². The van der Waals surface area contributed by atoms with Crippen LogP contribution in [0, 0.1) is 5.82 Å². The lowest BCUT2D eigenvalue weighted by atomic mass is 10.0. The van der Waals surface area contributed by atoms with Crippen molar-refractivity contribution >= 4 is 25.8 Å². The standard InChI is InChI=1S/C12H16BrFO3S/c1-3-12(13,18(16,17)4-2)11(15)9-7-5-6-8-10(9)14/h5-8,11,15H,3-4H2,1-2H3. The van der Waals surface area contributed by atoms with Gasteiger partial charge in [-0.25, -0.2) is 12.8 Å². The minimum atomic E-state index is -3.57. The summed E-state index contributed by atoms with van der Waals surface area (Å²) in [5.41, 5.74) is -0.0201. The molecule has 0 fully saturated rings. The Morgan fingerprint density at radius 3 is 2.39 bits per heavy atom. The van der Waals surface area contributed by atoms with Crippen LogP contribution < -0.4 is 0 Å². The van der Waals surface area contributed by atoms with Gasteiger partial charge in [0.05, 0.1) is 0 Å². The van der Waals surface area contributed by atoms with Crippen LogP contribution in [0.1, 0.15) is 31.9 Å². The number of hydrogen-bond acceptors (Lipinski definition) is 3. The van der Waals surface area contributed by atoms with Gasteiger partial charge in [0.2, 0.25) is 0 Å². The minimum absolute atomic E-state index is 0.0201. The van der Waals surface area contributed by atoms with Crippen LogP contribution in [0.3, 0.4) is 0 Å². The first-order chi connectivity index (χ1) is 8.30. The molecule has 18 heavy (non-hydrogen) atoms. The molecule has 0 amide bonds. The van der Waals surface area contributed by atoms with E-state index in [0.717, 1.165) is 0 Å². The third-order valence-electron chi connectivity index (χ3n) is 2.99. The van der Waals surface area contributed by atoms with Crippen molar-refractivity contribution in [3.63, 3.8) is 0 Å². The van der Waals surface area contributed by atoms with Gasteiger partial charge in [-0.2, -0.15) is 0 Å². The summed E-state index contributed by atoms with van der Waals surface area (Å²) in [4.78, 5) is 0. The van der Waals surface area contributed by atoms with Crippen molar-refractivity contribution in [3.8, 4) is 0 Å². The zero-order valence-electron chi connectivity index (χ0n) is 10.2. The van der Waals surface area contributed by atoms with Crippen LogP contribution in [-0.2, 0) is 9.84 Å². The van der Waals surface area contributed by atoms with Crippen LogP contribution in [0.4, 0.5) is 4.39 Å². The topological polar surface area (TPSA) is 54.4 Å². The third kappa shape index (κ3) is 2.60. The fourth-order valence-corrected chi connectivity index (χ4v) is 4.07. The van der Waals surface area contributed by atoms with E-state index < -0.39 is 25.4 Å². The maximum atomic E-state index is 13.6. The van der Waals surface area contributed by atoms with Gasteiger partial charge in [-0.05, 0) is 12.5 Å². The predicted molar refractivity (Wildman–Crippen MR) is 72.8 cm³/mol. The summed E-state index contributed by atoms with van der Waals surface area (Å²) in [6.07, 6.45) is -1.31. The Hall–Kier alpha value is -0.460. The van der Waals surface area contributed by atoms with Crippen molar-refractivity contribution in [3.05, 3.63) is 35.6 Å². The third-order valence-corrected chi connectivity index (χ3v) is 7.77. The smallest absolute Gasteiger partial charge is 0.168 e. The number of benzene rings is 1. The summed E-state index contributed by atoms with van der Waals surface area (Å²) in [5, 5.41) is 10.2. The number of aliphatic hydroxyl groups excluding tert-OH is 1. The van der Waals surface area contributed by atoms with Crippen molar-refractivity contribution in [1.82, 2.24) is 0 Å². The van der Waals surface area contributed by atoms with E-state index >= 15 is 0 Å². The summed E-state index contributed by atoms with van der Waals surface area (Å²) in [6, 6.07) is 5.63. The van der Waals surface area contributed by atoms with E-state index in [4.69, 9.17) is 0 Å².